The summed E-state index contributed by atoms with van der Waals surface area (Å²) in [6, 6.07) is 64.4. The first-order valence-corrected chi connectivity index (χ1v) is 27.8. The molecule has 0 saturated heterocycles. The first-order chi connectivity index (χ1) is 33.4. The maximum absolute atomic E-state index is 6.25. The lowest BCUT2D eigenvalue weighted by molar-refractivity contribution is -0.0396. The van der Waals surface area contributed by atoms with Crippen LogP contribution in [0.5, 0.6) is 0 Å². The standard InChI is InChI=1S/C63H49N3OSi/c1-68(2)55-25-11-8-20-49(55)57-58-51(47-18-6-9-22-52(47)63(58)44-31-37-30-38(33-44)34-45(63)32-37)36-50(59(57)68)42-16-12-17-43(35-42)62-65-60(40-14-4-3-5-15-40)64-61(66-62)41-28-26-39(27-29-41)46-21-13-24-54-56(46)48-19-7-10-23-53(48)67-54/h3-29,35-38,44-45H,30-34H2,1-2H3. The van der Waals surface area contributed by atoms with Crippen molar-refractivity contribution in [2.45, 2.75) is 50.6 Å². The van der Waals surface area contributed by atoms with Gasteiger partial charge in [0, 0.05) is 32.9 Å². The van der Waals surface area contributed by atoms with E-state index in [1.807, 2.05) is 18.2 Å². The fourth-order valence-electron chi connectivity index (χ4n) is 14.8. The summed E-state index contributed by atoms with van der Waals surface area (Å²) in [5.74, 6) is 5.19. The van der Waals surface area contributed by atoms with Crippen LogP contribution in [0.3, 0.4) is 0 Å². The quantitative estimate of drug-likeness (QED) is 0.162. The van der Waals surface area contributed by atoms with Gasteiger partial charge in [-0.25, -0.2) is 15.0 Å². The summed E-state index contributed by atoms with van der Waals surface area (Å²) in [5, 5.41) is 5.43. The van der Waals surface area contributed by atoms with Crippen molar-refractivity contribution in [3.63, 3.8) is 0 Å². The molecule has 16 rings (SSSR count). The molecular weight excluding hydrogens is 843 g/mol. The minimum absolute atomic E-state index is 0.0834. The largest absolute Gasteiger partial charge is 0.456 e. The molecule has 3 heterocycles. The fourth-order valence-corrected chi connectivity index (χ4v) is 18.3. The van der Waals surface area contributed by atoms with Gasteiger partial charge in [0.2, 0.25) is 0 Å². The smallest absolute Gasteiger partial charge is 0.164 e. The van der Waals surface area contributed by atoms with Gasteiger partial charge in [-0.1, -0.05) is 165 Å². The van der Waals surface area contributed by atoms with Gasteiger partial charge in [-0.2, -0.15) is 0 Å². The normalized spacial score (nSPS) is 22.1. The summed E-state index contributed by atoms with van der Waals surface area (Å²) >= 11 is 0. The Hall–Kier alpha value is -7.21. The van der Waals surface area contributed by atoms with Crippen molar-refractivity contribution >= 4 is 40.4 Å². The zero-order chi connectivity index (χ0) is 44.9. The number of furan rings is 1. The number of aromatic nitrogens is 3. The van der Waals surface area contributed by atoms with E-state index in [0.717, 1.165) is 61.6 Å². The average Bonchev–Trinajstić information content (AvgIpc) is 3.99. The van der Waals surface area contributed by atoms with Crippen LogP contribution in [0, 0.1) is 23.7 Å². The predicted octanol–water partition coefficient (Wildman–Crippen LogP) is 14.6. The molecule has 0 unspecified atom stereocenters. The number of fused-ring (bicyclic) bond motifs is 10. The molecule has 0 amide bonds. The molecule has 0 atom stereocenters. The Labute approximate surface area is 397 Å². The summed E-state index contributed by atoms with van der Waals surface area (Å²) in [5.41, 5.74) is 18.9. The molecule has 5 heteroatoms. The van der Waals surface area contributed by atoms with Gasteiger partial charge in [0.1, 0.15) is 19.2 Å². The lowest BCUT2D eigenvalue weighted by Crippen LogP contribution is -2.56. The Kier molecular flexibility index (Phi) is 8.09. The number of rotatable bonds is 5. The zero-order valence-electron chi connectivity index (χ0n) is 38.3. The van der Waals surface area contributed by atoms with Crippen LogP contribution in [0.25, 0.3) is 101 Å². The van der Waals surface area contributed by atoms with Crippen LogP contribution in [0.2, 0.25) is 13.1 Å². The van der Waals surface area contributed by atoms with Gasteiger partial charge < -0.3 is 4.42 Å². The number of hydrogen-bond donors (Lipinski definition) is 0. The molecule has 1 spiro atoms. The molecule has 8 aromatic carbocycles. The summed E-state index contributed by atoms with van der Waals surface area (Å²) in [6.45, 7) is 5.22. The number of para-hydroxylation sites is 1. The van der Waals surface area contributed by atoms with Gasteiger partial charge in [0.05, 0.1) is 0 Å². The topological polar surface area (TPSA) is 51.8 Å². The van der Waals surface area contributed by atoms with Crippen molar-refractivity contribution < 1.29 is 4.42 Å². The van der Waals surface area contributed by atoms with Crippen LogP contribution in [0.15, 0.2) is 180 Å². The van der Waals surface area contributed by atoms with E-state index in [-0.39, 0.29) is 5.41 Å². The lowest BCUT2D eigenvalue weighted by Gasteiger charge is -2.61. The van der Waals surface area contributed by atoms with Gasteiger partial charge in [-0.3, -0.25) is 0 Å². The molecule has 0 radical (unpaired) electrons. The molecule has 4 bridgehead atoms. The van der Waals surface area contributed by atoms with Gasteiger partial charge in [0.15, 0.2) is 17.5 Å². The molecule has 326 valence electrons. The molecule has 0 N–H and O–H groups in total. The third-order valence-corrected chi connectivity index (χ3v) is 20.8. The van der Waals surface area contributed by atoms with Crippen LogP contribution < -0.4 is 10.4 Å². The molecule has 68 heavy (non-hydrogen) atoms. The Balaban J connectivity index is 0.899. The van der Waals surface area contributed by atoms with Crippen molar-refractivity contribution in [2.24, 2.45) is 23.7 Å². The van der Waals surface area contributed by atoms with Crippen LogP contribution in [0.1, 0.15) is 43.2 Å². The second-order valence-electron chi connectivity index (χ2n) is 21.1. The van der Waals surface area contributed by atoms with Crippen LogP contribution in [-0.2, 0) is 5.41 Å². The minimum Gasteiger partial charge on any atom is -0.456 e. The number of hydrogen-bond acceptors (Lipinski definition) is 4. The fraction of sp³-hybridized carbons (Fsp3) is 0.190. The maximum atomic E-state index is 6.25. The summed E-state index contributed by atoms with van der Waals surface area (Å²) < 4.78 is 6.25. The third kappa shape index (κ3) is 5.34. The SMILES string of the molecule is C[Si]1(C)c2ccccc2-c2c3c(cc(-c4cccc(-c5nc(-c6ccccc6)nc(-c6ccc(-c7cccc8oc9ccccc9c78)cc6)n5)c4)c21)-c1ccccc1C31C2CC3CC(C2)CC1C3. The Morgan fingerprint density at radius 3 is 1.81 bits per heavy atom. The van der Waals surface area contributed by atoms with Gasteiger partial charge >= 0.3 is 0 Å². The zero-order valence-corrected chi connectivity index (χ0v) is 39.3. The average molecular weight is 892 g/mol. The molecule has 2 aromatic heterocycles. The molecule has 10 aromatic rings. The van der Waals surface area contributed by atoms with Crippen LogP contribution in [0.4, 0.5) is 0 Å². The Bertz CT molecular complexity index is 3710. The maximum Gasteiger partial charge on any atom is 0.164 e. The molecule has 4 saturated carbocycles. The summed E-state index contributed by atoms with van der Waals surface area (Å²) in [4.78, 5) is 15.7. The Morgan fingerprint density at radius 2 is 1.03 bits per heavy atom. The highest BCUT2D eigenvalue weighted by atomic mass is 28.3. The van der Waals surface area contributed by atoms with E-state index in [1.54, 1.807) is 27.1 Å². The van der Waals surface area contributed by atoms with Crippen molar-refractivity contribution in [1.82, 2.24) is 15.0 Å². The first-order valence-electron chi connectivity index (χ1n) is 24.8. The first kappa shape index (κ1) is 38.8. The third-order valence-electron chi connectivity index (χ3n) is 17.3. The van der Waals surface area contributed by atoms with E-state index in [4.69, 9.17) is 19.4 Å². The molecule has 6 aliphatic rings. The van der Waals surface area contributed by atoms with Gasteiger partial charge in [-0.05, 0) is 146 Å². The van der Waals surface area contributed by atoms with E-state index < -0.39 is 8.07 Å². The monoisotopic (exact) mass is 891 g/mol. The van der Waals surface area contributed by atoms with Crippen LogP contribution in [-0.4, -0.2) is 23.0 Å². The highest BCUT2D eigenvalue weighted by Crippen LogP contribution is 2.71. The molecular formula is C63H49N3OSi. The molecule has 4 nitrogen and oxygen atoms in total. The van der Waals surface area contributed by atoms with Crippen molar-refractivity contribution in [3.05, 3.63) is 187 Å². The van der Waals surface area contributed by atoms with Crippen LogP contribution >= 0.6 is 0 Å². The minimum atomic E-state index is -2.18. The molecule has 1 aliphatic heterocycles. The van der Waals surface area contributed by atoms with Crippen molar-refractivity contribution in [1.29, 1.82) is 0 Å². The van der Waals surface area contributed by atoms with E-state index in [0.29, 0.717) is 29.3 Å². The second kappa shape index (κ2) is 14.2. The Morgan fingerprint density at radius 1 is 0.456 bits per heavy atom. The summed E-state index contributed by atoms with van der Waals surface area (Å²) in [7, 11) is -2.18. The lowest BCUT2D eigenvalue weighted by atomic mass is 9.42. The summed E-state index contributed by atoms with van der Waals surface area (Å²) in [6.07, 6.45) is 6.97. The highest BCUT2D eigenvalue weighted by molar-refractivity contribution is 7.04. The van der Waals surface area contributed by atoms with E-state index in [2.05, 4.69) is 171 Å². The number of benzene rings is 8. The van der Waals surface area contributed by atoms with Crippen molar-refractivity contribution in [3.8, 4) is 78.7 Å². The van der Waals surface area contributed by atoms with E-state index >= 15 is 0 Å². The van der Waals surface area contributed by atoms with Gasteiger partial charge in [0.25, 0.3) is 0 Å². The van der Waals surface area contributed by atoms with Crippen molar-refractivity contribution in [2.75, 3.05) is 0 Å². The van der Waals surface area contributed by atoms with E-state index in [9.17, 15) is 0 Å². The molecule has 5 aliphatic carbocycles. The van der Waals surface area contributed by atoms with E-state index in [1.165, 1.54) is 59.9 Å². The highest BCUT2D eigenvalue weighted by Gasteiger charge is 2.63. The van der Waals surface area contributed by atoms with Gasteiger partial charge in [-0.15, -0.1) is 0 Å². The molecule has 4 fully saturated rings. The number of nitrogens with zero attached hydrogens (tertiary/aromatic N) is 3. The second-order valence-corrected chi connectivity index (χ2v) is 25.4. The predicted molar refractivity (Wildman–Crippen MR) is 280 cm³/mol.